The number of carbonyl (C=O) groups is 1. The Balaban J connectivity index is 0.000000399. The Bertz CT molecular complexity index is 4120. The summed E-state index contributed by atoms with van der Waals surface area (Å²) in [5, 5.41) is 37.2. The Morgan fingerprint density at radius 1 is 0.628 bits per heavy atom. The van der Waals surface area contributed by atoms with E-state index in [0.717, 1.165) is 93.1 Å². The number of nitrogens with zero attached hydrogens (tertiary/aromatic N) is 8. The number of benzene rings is 4. The molecule has 0 aromatic heterocycles. The van der Waals surface area contributed by atoms with Crippen LogP contribution in [0.3, 0.4) is 0 Å². The van der Waals surface area contributed by atoms with Gasteiger partial charge in [0.05, 0.1) is 24.8 Å². The molecule has 2 aliphatic heterocycles. The number of anilines is 2. The molecule has 2 heterocycles. The fourth-order valence-electron chi connectivity index (χ4n) is 12.0. The van der Waals surface area contributed by atoms with Gasteiger partial charge in [-0.05, 0) is 191 Å². The maximum Gasteiger partial charge on any atom is 0.304 e. The van der Waals surface area contributed by atoms with E-state index in [1.54, 1.807) is 50.3 Å². The summed E-state index contributed by atoms with van der Waals surface area (Å²) in [4.78, 5) is 22.1. The molecule has 2 unspecified atom stereocenters. The highest BCUT2D eigenvalue weighted by Crippen LogP contribution is 2.50. The van der Waals surface area contributed by atoms with Gasteiger partial charge in [0.25, 0.3) is 0 Å². The van der Waals surface area contributed by atoms with E-state index < -0.39 is 40.0 Å². The molecule has 0 saturated heterocycles. The second-order valence-electron chi connectivity index (χ2n) is 24.4. The number of rotatable bonds is 15. The van der Waals surface area contributed by atoms with Crippen LogP contribution >= 0.6 is 0 Å². The van der Waals surface area contributed by atoms with Crippen LogP contribution in [0.1, 0.15) is 139 Å². The smallest absolute Gasteiger partial charge is 0.304 e. The Morgan fingerprint density at radius 2 is 1.13 bits per heavy atom. The van der Waals surface area contributed by atoms with Crippen molar-refractivity contribution < 1.29 is 33.3 Å². The van der Waals surface area contributed by atoms with E-state index in [9.17, 15) is 33.8 Å². The van der Waals surface area contributed by atoms with E-state index in [4.69, 9.17) is 27.9 Å². The number of allylic oxidation sites excluding steroid dienone is 14. The Morgan fingerprint density at radius 3 is 1.59 bits per heavy atom. The van der Waals surface area contributed by atoms with Crippen molar-refractivity contribution in [3.05, 3.63) is 269 Å². The molecule has 2 atom stereocenters. The van der Waals surface area contributed by atoms with Crippen molar-refractivity contribution in [2.75, 3.05) is 36.0 Å². The van der Waals surface area contributed by atoms with Crippen molar-refractivity contribution in [2.45, 2.75) is 127 Å². The van der Waals surface area contributed by atoms with Gasteiger partial charge in [-0.3, -0.25) is 4.79 Å². The van der Waals surface area contributed by atoms with E-state index in [1.807, 2.05) is 12.1 Å². The predicted molar refractivity (Wildman–Crippen MR) is 369 cm³/mol. The molecule has 0 fully saturated rings. The molecule has 16 heteroatoms. The zero-order valence-electron chi connectivity index (χ0n) is 55.0. The first kappa shape index (κ1) is 76.0. The maximum atomic E-state index is 15.0. The summed E-state index contributed by atoms with van der Waals surface area (Å²) in [5.41, 5.74) is 7.88. The normalized spacial score (nSPS) is 19.8. The van der Waals surface area contributed by atoms with Gasteiger partial charge in [-0.2, -0.15) is 15.8 Å². The lowest BCUT2D eigenvalue weighted by Crippen LogP contribution is -2.25. The summed E-state index contributed by atoms with van der Waals surface area (Å²) in [7, 11) is 0. The molecule has 4 aromatic rings. The summed E-state index contributed by atoms with van der Waals surface area (Å²) in [6.45, 7) is 43.2. The number of carbonyl (C=O) groups excluding carboxylic acids is 1. The fraction of sp³-hybridized carbons (Fsp3) is 0.321. The Kier molecular flexibility index (Phi) is 26.8. The van der Waals surface area contributed by atoms with Crippen LogP contribution in [0.2, 0.25) is 0 Å². The molecule has 0 spiro atoms. The first-order chi connectivity index (χ1) is 43.7. The van der Waals surface area contributed by atoms with Gasteiger partial charge in [-0.1, -0.05) is 108 Å². The highest BCUT2D eigenvalue weighted by molar-refractivity contribution is 5.69. The third-order valence-electron chi connectivity index (χ3n) is 16.6. The van der Waals surface area contributed by atoms with Gasteiger partial charge in [-0.15, -0.1) is 0 Å². The second kappa shape index (κ2) is 33.2. The van der Waals surface area contributed by atoms with Crippen LogP contribution in [-0.2, 0) is 25.5 Å². The Hall–Kier alpha value is -10.5. The monoisotopic (exact) mass is 1270 g/mol. The number of aldehydes is 1. The molecular weight excluding hydrogens is 1190 g/mol. The van der Waals surface area contributed by atoms with Crippen LogP contribution < -0.4 is 16.0 Å². The van der Waals surface area contributed by atoms with E-state index in [1.165, 1.54) is 52.7 Å². The number of hydrogen-bond acceptors (Lipinski definition) is 10. The molecule has 0 amide bonds. The van der Waals surface area contributed by atoms with Gasteiger partial charge in [-0.25, -0.2) is 32.5 Å². The number of nitriles is 4. The van der Waals surface area contributed by atoms with Gasteiger partial charge in [0, 0.05) is 67.8 Å². The standard InChI is InChI=1S/C38H36F2N4O.C23H31NO.C16H9F2N3O.CH4.H3N.H2/c1-7-44(8-2)31-17-14-26(15-18-31)12-13-28-20-27(22-37(3,4)23-28)10-9-11-33-35(43-6)36(29(24-41)25-42)45-38(33,5)32-19-16-30(39)21-34(32)40;1-6-24(7-2)22-11-10-19(14-18(22)3)8-9-20-15-21(12-13-25)17-23(4,5)16-20;1-9-11(7-19)15(14(8-20)21-3)22-16(9,2)12-5-4-10(17)6-13(12)18;;;/h9-21H,7-8,22-23H2,1-5H3;8-15H,6-7,16-17H2,1-5H3;4-6H,1-2H3;1H4;1H3;1H/b11-9+,13-12+,27-10-;9-8+,21-12-;15-14-;;;/i;;;;;1+1. The summed E-state index contributed by atoms with van der Waals surface area (Å²) in [6, 6.07) is 28.3. The molecule has 488 valence electrons. The summed E-state index contributed by atoms with van der Waals surface area (Å²) in [5.74, 6) is -3.58. The van der Waals surface area contributed by atoms with Gasteiger partial charge >= 0.3 is 5.70 Å². The molecule has 4 aliphatic rings. The summed E-state index contributed by atoms with van der Waals surface area (Å²) >= 11 is 0. The zero-order chi connectivity index (χ0) is 67.7. The minimum absolute atomic E-state index is 0. The lowest BCUT2D eigenvalue weighted by molar-refractivity contribution is -0.104. The second-order valence-corrected chi connectivity index (χ2v) is 24.4. The van der Waals surface area contributed by atoms with E-state index >= 15 is 4.39 Å². The minimum atomic E-state index is -1.57. The largest absolute Gasteiger partial charge is 0.488 e. The lowest BCUT2D eigenvalue weighted by atomic mass is 9.75. The third-order valence-corrected chi connectivity index (χ3v) is 16.6. The predicted octanol–water partition coefficient (Wildman–Crippen LogP) is 19.9. The molecule has 8 rings (SSSR count). The van der Waals surface area contributed by atoms with Crippen molar-refractivity contribution >= 4 is 29.8 Å². The highest BCUT2D eigenvalue weighted by atomic mass is 19.1. The Labute approximate surface area is 555 Å². The first-order valence-electron chi connectivity index (χ1n) is 30.3. The fourth-order valence-corrected chi connectivity index (χ4v) is 12.0. The molecule has 2 aliphatic carbocycles. The van der Waals surface area contributed by atoms with Crippen molar-refractivity contribution in [3.8, 4) is 24.3 Å². The van der Waals surface area contributed by atoms with Gasteiger partial charge < -0.3 is 25.4 Å². The molecular formula is C78H85F4N9O3. The topological polar surface area (TPSA) is 181 Å². The highest BCUT2D eigenvalue weighted by Gasteiger charge is 2.46. The zero-order valence-corrected chi connectivity index (χ0v) is 55.0. The molecule has 94 heavy (non-hydrogen) atoms. The van der Waals surface area contributed by atoms with Crippen molar-refractivity contribution in [3.63, 3.8) is 0 Å². The lowest BCUT2D eigenvalue weighted by Gasteiger charge is -2.30. The van der Waals surface area contributed by atoms with Gasteiger partial charge in [0.2, 0.25) is 5.70 Å². The van der Waals surface area contributed by atoms with Crippen molar-refractivity contribution in [1.29, 1.82) is 21.0 Å². The summed E-state index contributed by atoms with van der Waals surface area (Å²) < 4.78 is 67.6. The quantitative estimate of drug-likeness (QED) is 0.0395. The molecule has 0 bridgehead atoms. The molecule has 0 radical (unpaired) electrons. The number of aryl methyl sites for hydroxylation is 1. The third kappa shape index (κ3) is 18.0. The van der Waals surface area contributed by atoms with Crippen LogP contribution in [0.4, 0.5) is 28.9 Å². The number of hydrogen-bond donors (Lipinski definition) is 1. The van der Waals surface area contributed by atoms with Crippen LogP contribution in [0.25, 0.3) is 21.8 Å². The summed E-state index contributed by atoms with van der Waals surface area (Å²) in [6.07, 6.45) is 24.6. The van der Waals surface area contributed by atoms with Crippen LogP contribution in [0, 0.1) is 99.5 Å². The SMILES string of the molecule is C.CCN(CC)c1ccc(/C=C/C2=CC(=C/C=O)/CC(C)(C)C2)cc1C.N.[2HH].[C-]#[N+]/C(C#N)=C1\OC(C)(c2ccc(F)cc2F)C(C)=C1C#N.[C-]#[N+]C1=C(/C=C/C=C2C=C(/C=C/c3ccc(N(CC)CC)cc3)CC(C)(C)C/2)C(C)(c2ccc(F)cc2F)OC1=C(C#N)C#N. The molecule has 3 N–H and O–H groups in total. The number of ether oxygens (including phenoxy) is 2. The van der Waals surface area contributed by atoms with E-state index in [-0.39, 0.29) is 71.0 Å². The van der Waals surface area contributed by atoms with Crippen molar-refractivity contribution in [2.24, 2.45) is 10.8 Å². The van der Waals surface area contributed by atoms with Gasteiger partial charge in [0.15, 0.2) is 22.7 Å². The first-order valence-corrected chi connectivity index (χ1v) is 30.3. The maximum absolute atomic E-state index is 15.0. The van der Waals surface area contributed by atoms with Crippen molar-refractivity contribution in [1.82, 2.24) is 6.15 Å². The van der Waals surface area contributed by atoms with Crippen LogP contribution in [0.15, 0.2) is 195 Å². The van der Waals surface area contributed by atoms with E-state index in [2.05, 4.69) is 161 Å². The van der Waals surface area contributed by atoms with E-state index in [0.29, 0.717) is 11.6 Å². The van der Waals surface area contributed by atoms with Crippen LogP contribution in [0.5, 0.6) is 0 Å². The minimum Gasteiger partial charge on any atom is -0.488 e. The average Bonchev–Trinajstić information content (AvgIpc) is 1.61. The van der Waals surface area contributed by atoms with Crippen LogP contribution in [-0.4, -0.2) is 32.5 Å². The number of halogens is 4. The molecule has 12 nitrogen and oxygen atoms in total. The molecule has 4 aromatic carbocycles. The molecule has 0 saturated carbocycles. The van der Waals surface area contributed by atoms with Gasteiger partial charge in [0.1, 0.15) is 53.4 Å². The average molecular weight is 1270 g/mol.